The smallest absolute Gasteiger partial charge is 0.263 e. The lowest BCUT2D eigenvalue weighted by atomic mass is 10.1. The fraction of sp³-hybridized carbons (Fsp3) is 0.700. The zero-order valence-electron chi connectivity index (χ0n) is 16.2. The fourth-order valence-corrected chi connectivity index (χ4v) is 4.26. The maximum absolute atomic E-state index is 13.0. The summed E-state index contributed by atoms with van der Waals surface area (Å²) in [4.78, 5) is 28.1. The summed E-state index contributed by atoms with van der Waals surface area (Å²) < 4.78 is 7.37. The van der Waals surface area contributed by atoms with Crippen molar-refractivity contribution in [3.63, 3.8) is 0 Å². The van der Waals surface area contributed by atoms with Gasteiger partial charge >= 0.3 is 0 Å². The molecular formula is C20H31N3O3. The summed E-state index contributed by atoms with van der Waals surface area (Å²) in [7, 11) is 0. The number of carbonyl (C=O) groups excluding carboxylic acids is 1. The van der Waals surface area contributed by atoms with E-state index in [9.17, 15) is 9.59 Å². The van der Waals surface area contributed by atoms with Gasteiger partial charge in [0.15, 0.2) is 0 Å². The fourth-order valence-electron chi connectivity index (χ4n) is 4.26. The molecule has 6 heteroatoms. The van der Waals surface area contributed by atoms with Crippen molar-refractivity contribution in [2.45, 2.75) is 65.1 Å². The SMILES string of the molecule is CCN1CCC[C@@H]1CNC(=O)c1c(C)cc(C)n(C[C@H]2CCCO2)c1=O. The average molecular weight is 361 g/mol. The zero-order valence-corrected chi connectivity index (χ0v) is 16.2. The van der Waals surface area contributed by atoms with Gasteiger partial charge < -0.3 is 14.6 Å². The molecule has 1 N–H and O–H groups in total. The second kappa shape index (κ2) is 8.35. The second-order valence-electron chi connectivity index (χ2n) is 7.53. The lowest BCUT2D eigenvalue weighted by Crippen LogP contribution is -2.42. The summed E-state index contributed by atoms with van der Waals surface area (Å²) in [5.74, 6) is -0.253. The Morgan fingerprint density at radius 3 is 2.81 bits per heavy atom. The molecule has 1 aromatic rings. The predicted octanol–water partition coefficient (Wildman–Crippen LogP) is 1.86. The number of rotatable bonds is 6. The first-order valence-corrected chi connectivity index (χ1v) is 9.86. The maximum atomic E-state index is 13.0. The number of likely N-dealkylation sites (N-methyl/N-ethyl adjacent to an activating group) is 1. The van der Waals surface area contributed by atoms with E-state index >= 15 is 0 Å². The number of ether oxygens (including phenoxy) is 1. The Kier molecular flexibility index (Phi) is 6.14. The first-order valence-electron chi connectivity index (χ1n) is 9.86. The van der Waals surface area contributed by atoms with Gasteiger partial charge in [-0.2, -0.15) is 0 Å². The third kappa shape index (κ3) is 4.01. The third-order valence-electron chi connectivity index (χ3n) is 5.75. The minimum absolute atomic E-state index is 0.0709. The number of pyridine rings is 1. The van der Waals surface area contributed by atoms with Gasteiger partial charge in [0.1, 0.15) is 5.56 Å². The van der Waals surface area contributed by atoms with E-state index in [1.807, 2.05) is 19.9 Å². The van der Waals surface area contributed by atoms with Crippen LogP contribution in [0.25, 0.3) is 0 Å². The lowest BCUT2D eigenvalue weighted by molar-refractivity contribution is 0.0920. The summed E-state index contributed by atoms with van der Waals surface area (Å²) in [5.41, 5.74) is 1.70. The number of aromatic nitrogens is 1. The van der Waals surface area contributed by atoms with Gasteiger partial charge in [0, 0.05) is 24.9 Å². The highest BCUT2D eigenvalue weighted by atomic mass is 16.5. The van der Waals surface area contributed by atoms with Gasteiger partial charge in [0.2, 0.25) is 0 Å². The second-order valence-corrected chi connectivity index (χ2v) is 7.53. The van der Waals surface area contributed by atoms with Crippen LogP contribution in [0.15, 0.2) is 10.9 Å². The molecule has 0 unspecified atom stereocenters. The van der Waals surface area contributed by atoms with E-state index in [4.69, 9.17) is 4.74 Å². The van der Waals surface area contributed by atoms with E-state index in [2.05, 4.69) is 17.1 Å². The molecule has 0 aromatic carbocycles. The standard InChI is InChI=1S/C20H31N3O3/c1-4-22-9-5-7-16(22)12-21-19(24)18-14(2)11-15(3)23(20(18)25)13-17-8-6-10-26-17/h11,16-17H,4-10,12-13H2,1-3H3,(H,21,24)/t16-,17-/m1/s1. The van der Waals surface area contributed by atoms with Crippen LogP contribution in [0.2, 0.25) is 0 Å². The molecule has 3 rings (SSSR count). The van der Waals surface area contributed by atoms with Crippen molar-refractivity contribution in [1.82, 2.24) is 14.8 Å². The van der Waals surface area contributed by atoms with Crippen LogP contribution in [0.3, 0.4) is 0 Å². The van der Waals surface area contributed by atoms with Crippen molar-refractivity contribution in [3.8, 4) is 0 Å². The summed E-state index contributed by atoms with van der Waals surface area (Å²) >= 11 is 0. The quantitative estimate of drug-likeness (QED) is 0.840. The van der Waals surface area contributed by atoms with Crippen LogP contribution in [0.1, 0.15) is 54.2 Å². The molecule has 26 heavy (non-hydrogen) atoms. The van der Waals surface area contributed by atoms with E-state index in [1.165, 1.54) is 6.42 Å². The molecule has 2 aliphatic heterocycles. The molecule has 1 aromatic heterocycles. The monoisotopic (exact) mass is 361 g/mol. The Morgan fingerprint density at radius 2 is 2.12 bits per heavy atom. The minimum Gasteiger partial charge on any atom is -0.376 e. The molecule has 0 bridgehead atoms. The number of nitrogens with zero attached hydrogens (tertiary/aromatic N) is 2. The highest BCUT2D eigenvalue weighted by molar-refractivity contribution is 5.95. The molecular weight excluding hydrogens is 330 g/mol. The summed E-state index contributed by atoms with van der Waals surface area (Å²) in [6.45, 7) is 9.88. The van der Waals surface area contributed by atoms with Crippen LogP contribution in [0.4, 0.5) is 0 Å². The Labute approximate surface area is 155 Å². The molecule has 0 saturated carbocycles. The Bertz CT molecular complexity index is 707. The van der Waals surface area contributed by atoms with Crippen LogP contribution < -0.4 is 10.9 Å². The molecule has 144 valence electrons. The van der Waals surface area contributed by atoms with Crippen LogP contribution in [-0.2, 0) is 11.3 Å². The summed E-state index contributed by atoms with van der Waals surface area (Å²) in [5, 5.41) is 3.00. The highest BCUT2D eigenvalue weighted by Crippen LogP contribution is 2.17. The molecule has 0 radical (unpaired) electrons. The summed E-state index contributed by atoms with van der Waals surface area (Å²) in [6.07, 6.45) is 4.35. The largest absolute Gasteiger partial charge is 0.376 e. The van der Waals surface area contributed by atoms with Crippen molar-refractivity contribution in [1.29, 1.82) is 0 Å². The van der Waals surface area contributed by atoms with Gasteiger partial charge in [-0.05, 0) is 64.3 Å². The maximum Gasteiger partial charge on any atom is 0.263 e. The number of amides is 1. The molecule has 1 amide bonds. The van der Waals surface area contributed by atoms with Crippen molar-refractivity contribution < 1.29 is 9.53 Å². The van der Waals surface area contributed by atoms with E-state index < -0.39 is 0 Å². The van der Waals surface area contributed by atoms with Gasteiger partial charge in [-0.15, -0.1) is 0 Å². The molecule has 2 aliphatic rings. The predicted molar refractivity (Wildman–Crippen MR) is 102 cm³/mol. The van der Waals surface area contributed by atoms with Gasteiger partial charge in [0.25, 0.3) is 11.5 Å². The first kappa shape index (κ1) is 19.1. The van der Waals surface area contributed by atoms with Gasteiger partial charge in [-0.1, -0.05) is 6.92 Å². The third-order valence-corrected chi connectivity index (χ3v) is 5.75. The Balaban J connectivity index is 1.75. The van der Waals surface area contributed by atoms with E-state index in [0.29, 0.717) is 19.1 Å². The molecule has 3 heterocycles. The Morgan fingerprint density at radius 1 is 1.31 bits per heavy atom. The number of aryl methyl sites for hydroxylation is 2. The van der Waals surface area contributed by atoms with Crippen molar-refractivity contribution >= 4 is 5.91 Å². The number of hydrogen-bond donors (Lipinski definition) is 1. The van der Waals surface area contributed by atoms with Gasteiger partial charge in [-0.3, -0.25) is 14.5 Å². The van der Waals surface area contributed by atoms with Crippen molar-refractivity contribution in [3.05, 3.63) is 33.2 Å². The number of likely N-dealkylation sites (tertiary alicyclic amines) is 1. The molecule has 2 atom stereocenters. The van der Waals surface area contributed by atoms with E-state index in [1.54, 1.807) is 4.57 Å². The van der Waals surface area contributed by atoms with Crippen LogP contribution in [0, 0.1) is 13.8 Å². The number of carbonyl (C=O) groups is 1. The molecule has 0 spiro atoms. The van der Waals surface area contributed by atoms with Crippen LogP contribution >= 0.6 is 0 Å². The summed E-state index contributed by atoms with van der Waals surface area (Å²) in [6, 6.07) is 2.31. The Hall–Kier alpha value is -1.66. The normalized spacial score (nSPS) is 23.5. The molecule has 2 fully saturated rings. The van der Waals surface area contributed by atoms with Gasteiger partial charge in [0.05, 0.1) is 12.6 Å². The molecule has 2 saturated heterocycles. The lowest BCUT2D eigenvalue weighted by Gasteiger charge is -2.23. The van der Waals surface area contributed by atoms with Gasteiger partial charge in [-0.25, -0.2) is 0 Å². The first-order chi connectivity index (χ1) is 12.5. The molecule has 0 aliphatic carbocycles. The molecule has 6 nitrogen and oxygen atoms in total. The van der Waals surface area contributed by atoms with E-state index in [-0.39, 0.29) is 23.1 Å². The van der Waals surface area contributed by atoms with E-state index in [0.717, 1.165) is 50.2 Å². The van der Waals surface area contributed by atoms with Crippen molar-refractivity contribution in [2.75, 3.05) is 26.2 Å². The average Bonchev–Trinajstić information content (AvgIpc) is 3.27. The zero-order chi connectivity index (χ0) is 18.7. The number of hydrogen-bond acceptors (Lipinski definition) is 4. The topological polar surface area (TPSA) is 63.6 Å². The van der Waals surface area contributed by atoms with Crippen LogP contribution in [0.5, 0.6) is 0 Å². The highest BCUT2D eigenvalue weighted by Gasteiger charge is 2.25. The van der Waals surface area contributed by atoms with Crippen molar-refractivity contribution in [2.24, 2.45) is 0 Å². The minimum atomic E-state index is -0.253. The van der Waals surface area contributed by atoms with Crippen LogP contribution in [-0.4, -0.2) is 53.8 Å². The number of nitrogens with one attached hydrogen (secondary N) is 1.